The van der Waals surface area contributed by atoms with Gasteiger partial charge in [0, 0.05) is 6.92 Å². The molecule has 0 bridgehead atoms. The zero-order chi connectivity index (χ0) is 15.3. The third-order valence-corrected chi connectivity index (χ3v) is 2.79. The highest BCUT2D eigenvalue weighted by Crippen LogP contribution is 2.32. The highest BCUT2D eigenvalue weighted by Gasteiger charge is 2.11. The summed E-state index contributed by atoms with van der Waals surface area (Å²) in [5, 5.41) is 5.75. The minimum atomic E-state index is -1.04. The van der Waals surface area contributed by atoms with E-state index in [0.29, 0.717) is 11.4 Å². The molecule has 0 saturated carbocycles. The van der Waals surface area contributed by atoms with Crippen molar-refractivity contribution >= 4 is 27.6 Å². The lowest BCUT2D eigenvalue weighted by molar-refractivity contribution is -0.114. The van der Waals surface area contributed by atoms with Crippen LogP contribution in [0.4, 0.5) is 5.69 Å². The molecule has 0 aliphatic carbocycles. The number of aromatic nitrogens is 1. The molecule has 0 aliphatic rings. The number of nitrogens with zero attached hydrogens (tertiary/aromatic N) is 1. The van der Waals surface area contributed by atoms with Crippen LogP contribution >= 0.6 is 10.0 Å². The van der Waals surface area contributed by atoms with Crippen LogP contribution in [0.25, 0.3) is 0 Å². The van der Waals surface area contributed by atoms with Crippen LogP contribution in [0, 0.1) is 11.2 Å². The quantitative estimate of drug-likeness (QED) is 0.667. The Kier molecular flexibility index (Phi) is 5.17. The second kappa shape index (κ2) is 6.44. The summed E-state index contributed by atoms with van der Waals surface area (Å²) < 4.78 is 4.63. The topological polar surface area (TPSA) is 68.3 Å². The Labute approximate surface area is 120 Å². The smallest absolute Gasteiger partial charge is 0.356 e. The molecular formula is C14H18N2O3S. The van der Waals surface area contributed by atoms with Gasteiger partial charge in [-0.25, -0.2) is 9.78 Å². The molecule has 1 amide bonds. The van der Waals surface area contributed by atoms with E-state index in [1.54, 1.807) is 6.07 Å². The molecule has 0 spiro atoms. The molecule has 1 aromatic heterocycles. The lowest BCUT2D eigenvalue weighted by atomic mass is 10.2. The fourth-order valence-electron chi connectivity index (χ4n) is 1.26. The maximum atomic E-state index is 11.5. The molecule has 1 N–H and O–H groups in total. The van der Waals surface area contributed by atoms with Crippen molar-refractivity contribution in [3.8, 4) is 11.2 Å². The van der Waals surface area contributed by atoms with Crippen molar-refractivity contribution in [2.45, 2.75) is 6.92 Å². The van der Waals surface area contributed by atoms with Crippen molar-refractivity contribution in [1.82, 2.24) is 4.98 Å². The minimum absolute atomic E-state index is 0.162. The first-order chi connectivity index (χ1) is 9.23. The van der Waals surface area contributed by atoms with E-state index in [1.807, 2.05) is 18.8 Å². The first-order valence-electron chi connectivity index (χ1n) is 5.81. The first kappa shape index (κ1) is 16.1. The van der Waals surface area contributed by atoms with Crippen molar-refractivity contribution in [1.29, 1.82) is 0 Å². The molecule has 0 aliphatic heterocycles. The Bertz CT molecular complexity index is 595. The van der Waals surface area contributed by atoms with E-state index in [2.05, 4.69) is 26.2 Å². The fourth-order valence-corrected chi connectivity index (χ4v) is 1.67. The van der Waals surface area contributed by atoms with Crippen molar-refractivity contribution < 1.29 is 14.3 Å². The van der Waals surface area contributed by atoms with Crippen molar-refractivity contribution in [3.63, 3.8) is 0 Å². The minimum Gasteiger partial charge on any atom is -0.464 e. The average Bonchev–Trinajstić information content (AvgIpc) is 2.35. The van der Waals surface area contributed by atoms with E-state index in [0.717, 1.165) is 0 Å². The van der Waals surface area contributed by atoms with Crippen molar-refractivity contribution in [2.24, 2.45) is 0 Å². The van der Waals surface area contributed by atoms with Crippen LogP contribution in [-0.4, -0.2) is 42.7 Å². The van der Waals surface area contributed by atoms with Gasteiger partial charge in [0.1, 0.15) is 11.4 Å². The van der Waals surface area contributed by atoms with E-state index in [4.69, 9.17) is 0 Å². The summed E-state index contributed by atoms with van der Waals surface area (Å²) in [4.78, 5) is 26.8. The standard InChI is InChI=1S/C14H18N2O3S/c1-10(17)15-11-6-7-13(14(18)19-2)16-12(11)8-9-20(3,4)5/h6-7H,1-5H3,(H,15,17). The second-order valence-corrected chi connectivity index (χ2v) is 8.71. The van der Waals surface area contributed by atoms with Gasteiger partial charge in [-0.15, -0.1) is 0 Å². The van der Waals surface area contributed by atoms with Gasteiger partial charge >= 0.3 is 5.97 Å². The van der Waals surface area contributed by atoms with Gasteiger partial charge in [-0.05, 0) is 42.1 Å². The number of hydrogen-bond acceptors (Lipinski definition) is 4. The Hall–Kier alpha value is -2.00. The average molecular weight is 294 g/mol. The first-order valence-corrected chi connectivity index (χ1v) is 8.67. The SMILES string of the molecule is COC(=O)c1ccc(NC(C)=O)c(C#CS(C)(C)C)n1. The molecule has 0 unspecified atom stereocenters. The number of nitrogens with one attached hydrogen (secondary N) is 1. The molecule has 0 atom stereocenters. The second-order valence-electron chi connectivity index (χ2n) is 4.83. The number of carbonyl (C=O) groups is 2. The van der Waals surface area contributed by atoms with E-state index in [9.17, 15) is 9.59 Å². The zero-order valence-electron chi connectivity index (χ0n) is 12.2. The van der Waals surface area contributed by atoms with Gasteiger partial charge < -0.3 is 10.1 Å². The van der Waals surface area contributed by atoms with Crippen LogP contribution in [0.3, 0.4) is 0 Å². The molecule has 1 rings (SSSR count). The molecule has 5 nitrogen and oxygen atoms in total. The van der Waals surface area contributed by atoms with Crippen LogP contribution in [0.5, 0.6) is 0 Å². The number of ether oxygens (including phenoxy) is 1. The number of amides is 1. The highest BCUT2D eigenvalue weighted by molar-refractivity contribution is 8.35. The molecule has 1 heterocycles. The summed E-state index contributed by atoms with van der Waals surface area (Å²) in [6, 6.07) is 3.09. The monoisotopic (exact) mass is 294 g/mol. The molecule has 0 radical (unpaired) electrons. The van der Waals surface area contributed by atoms with Crippen LogP contribution in [0.1, 0.15) is 23.1 Å². The highest BCUT2D eigenvalue weighted by atomic mass is 32.3. The summed E-state index contributed by atoms with van der Waals surface area (Å²) in [5.74, 6) is 2.18. The third-order valence-electron chi connectivity index (χ3n) is 2.08. The summed E-state index contributed by atoms with van der Waals surface area (Å²) >= 11 is 0. The number of methoxy groups -OCH3 is 1. The van der Waals surface area contributed by atoms with Gasteiger partial charge in [0.25, 0.3) is 0 Å². The van der Waals surface area contributed by atoms with Gasteiger partial charge in [-0.2, -0.15) is 10.0 Å². The van der Waals surface area contributed by atoms with Gasteiger partial charge in [-0.3, -0.25) is 4.79 Å². The maximum absolute atomic E-state index is 11.5. The van der Waals surface area contributed by atoms with E-state index in [-0.39, 0.29) is 11.6 Å². The number of anilines is 1. The van der Waals surface area contributed by atoms with Gasteiger partial charge in [0.05, 0.1) is 12.8 Å². The zero-order valence-corrected chi connectivity index (χ0v) is 13.1. The number of carbonyl (C=O) groups excluding carboxylic acids is 2. The van der Waals surface area contributed by atoms with Crippen LogP contribution in [0.15, 0.2) is 12.1 Å². The Morgan fingerprint density at radius 2 is 1.95 bits per heavy atom. The number of pyridine rings is 1. The molecule has 0 aromatic carbocycles. The Morgan fingerprint density at radius 3 is 2.45 bits per heavy atom. The van der Waals surface area contributed by atoms with Crippen LogP contribution in [0.2, 0.25) is 0 Å². The molecule has 0 saturated heterocycles. The molecule has 6 heteroatoms. The Balaban J connectivity index is 3.28. The van der Waals surface area contributed by atoms with E-state index >= 15 is 0 Å². The predicted molar refractivity (Wildman–Crippen MR) is 82.1 cm³/mol. The Morgan fingerprint density at radius 1 is 1.30 bits per heavy atom. The third kappa shape index (κ3) is 4.94. The largest absolute Gasteiger partial charge is 0.464 e. The van der Waals surface area contributed by atoms with E-state index in [1.165, 1.54) is 20.1 Å². The van der Waals surface area contributed by atoms with E-state index < -0.39 is 16.0 Å². The van der Waals surface area contributed by atoms with Crippen LogP contribution in [-0.2, 0) is 9.53 Å². The lowest BCUT2D eigenvalue weighted by Crippen LogP contribution is -2.11. The fraction of sp³-hybridized carbons (Fsp3) is 0.357. The molecule has 108 valence electrons. The molecule has 1 aromatic rings. The molecular weight excluding hydrogens is 276 g/mol. The summed E-state index contributed by atoms with van der Waals surface area (Å²) in [6.07, 6.45) is 6.13. The lowest BCUT2D eigenvalue weighted by Gasteiger charge is -2.15. The summed E-state index contributed by atoms with van der Waals surface area (Å²) in [5.41, 5.74) is 1.02. The van der Waals surface area contributed by atoms with Crippen LogP contribution < -0.4 is 5.32 Å². The van der Waals surface area contributed by atoms with Gasteiger partial charge in [0.2, 0.25) is 5.91 Å². The number of esters is 1. The van der Waals surface area contributed by atoms with Crippen molar-refractivity contribution in [2.75, 3.05) is 31.2 Å². The predicted octanol–water partition coefficient (Wildman–Crippen LogP) is 1.83. The van der Waals surface area contributed by atoms with Crippen molar-refractivity contribution in [3.05, 3.63) is 23.5 Å². The normalized spacial score (nSPS) is 11.1. The number of rotatable bonds is 2. The van der Waals surface area contributed by atoms with Gasteiger partial charge in [-0.1, -0.05) is 0 Å². The molecule has 20 heavy (non-hydrogen) atoms. The molecule has 0 fully saturated rings. The maximum Gasteiger partial charge on any atom is 0.356 e. The van der Waals surface area contributed by atoms with Gasteiger partial charge in [0.15, 0.2) is 0 Å². The number of hydrogen-bond donors (Lipinski definition) is 1. The summed E-state index contributed by atoms with van der Waals surface area (Å²) in [7, 11) is 0.252. The summed E-state index contributed by atoms with van der Waals surface area (Å²) in [6.45, 7) is 1.40.